The maximum absolute atomic E-state index is 11.3. The second kappa shape index (κ2) is 4.94. The van der Waals surface area contributed by atoms with Crippen molar-refractivity contribution in [1.29, 1.82) is 0 Å². The molecule has 1 N–H and O–H groups in total. The lowest BCUT2D eigenvalue weighted by atomic mass is 10.2. The summed E-state index contributed by atoms with van der Waals surface area (Å²) < 4.78 is 22.0. The van der Waals surface area contributed by atoms with Crippen LogP contribution < -0.4 is 5.32 Å². The first kappa shape index (κ1) is 13.7. The van der Waals surface area contributed by atoms with Gasteiger partial charge < -0.3 is 5.32 Å². The first-order valence-electron chi connectivity index (χ1n) is 4.77. The molecule has 0 spiro atoms. The van der Waals surface area contributed by atoms with Crippen molar-refractivity contribution in [2.75, 3.05) is 19.3 Å². The number of sulfone groups is 1. The fourth-order valence-electron chi connectivity index (χ4n) is 0.796. The highest BCUT2D eigenvalue weighted by Crippen LogP contribution is 2.13. The monoisotopic (exact) mass is 219 g/mol. The number of hydrogen-bond acceptors (Lipinski definition) is 3. The summed E-state index contributed by atoms with van der Waals surface area (Å²) in [5, 5.41) is 3.10. The average Bonchev–Trinajstić information content (AvgIpc) is 2.01. The summed E-state index contributed by atoms with van der Waals surface area (Å²) >= 11 is 0. The van der Waals surface area contributed by atoms with Gasteiger partial charge in [0, 0.05) is 19.3 Å². The van der Waals surface area contributed by atoms with E-state index in [0.717, 1.165) is 12.0 Å². The van der Waals surface area contributed by atoms with E-state index in [4.69, 9.17) is 0 Å². The van der Waals surface area contributed by atoms with Crippen molar-refractivity contribution in [2.24, 2.45) is 0 Å². The molecule has 0 aromatic heterocycles. The van der Waals surface area contributed by atoms with Gasteiger partial charge in [0.25, 0.3) is 0 Å². The van der Waals surface area contributed by atoms with E-state index in [-0.39, 0.29) is 0 Å². The SMILES string of the molecule is C=C(CC)CNCC(C)(C)S(C)(=O)=O. The summed E-state index contributed by atoms with van der Waals surface area (Å²) in [6.45, 7) is 10.5. The minimum atomic E-state index is -3.00. The molecule has 4 heteroatoms. The predicted octanol–water partition coefficient (Wildman–Crippen LogP) is 1.37. The van der Waals surface area contributed by atoms with E-state index < -0.39 is 14.6 Å². The van der Waals surface area contributed by atoms with Crippen LogP contribution in [0.3, 0.4) is 0 Å². The Morgan fingerprint density at radius 2 is 1.93 bits per heavy atom. The third kappa shape index (κ3) is 4.24. The van der Waals surface area contributed by atoms with Gasteiger partial charge in [0.15, 0.2) is 9.84 Å². The molecule has 0 radical (unpaired) electrons. The van der Waals surface area contributed by atoms with Crippen molar-refractivity contribution in [1.82, 2.24) is 5.32 Å². The van der Waals surface area contributed by atoms with E-state index >= 15 is 0 Å². The Balaban J connectivity index is 4.08. The van der Waals surface area contributed by atoms with Crippen molar-refractivity contribution in [2.45, 2.75) is 31.9 Å². The first-order chi connectivity index (χ1) is 6.20. The molecule has 0 aliphatic carbocycles. The molecule has 0 saturated heterocycles. The molecule has 0 atom stereocenters. The topological polar surface area (TPSA) is 46.2 Å². The standard InChI is InChI=1S/C10H21NO2S/c1-6-9(2)7-11-8-10(3,4)14(5,12)13/h11H,2,6-8H2,1,3-5H3. The molecule has 14 heavy (non-hydrogen) atoms. The third-order valence-corrected chi connectivity index (χ3v) is 4.58. The molecule has 84 valence electrons. The smallest absolute Gasteiger partial charge is 0.153 e. The highest BCUT2D eigenvalue weighted by molar-refractivity contribution is 7.92. The van der Waals surface area contributed by atoms with Crippen LogP contribution in [0.1, 0.15) is 27.2 Å². The van der Waals surface area contributed by atoms with Gasteiger partial charge in [-0.25, -0.2) is 8.42 Å². The Morgan fingerprint density at radius 3 is 2.29 bits per heavy atom. The lowest BCUT2D eigenvalue weighted by molar-refractivity contribution is 0.529. The second-order valence-electron chi connectivity index (χ2n) is 4.24. The number of rotatable bonds is 6. The molecule has 0 aliphatic rings. The molecule has 0 rings (SSSR count). The van der Waals surface area contributed by atoms with Gasteiger partial charge in [-0.1, -0.05) is 19.1 Å². The number of nitrogens with one attached hydrogen (secondary N) is 1. The summed E-state index contributed by atoms with van der Waals surface area (Å²) in [5.74, 6) is 0. The molecule has 0 saturated carbocycles. The minimum Gasteiger partial charge on any atom is -0.311 e. The number of hydrogen-bond donors (Lipinski definition) is 1. The Kier molecular flexibility index (Phi) is 4.81. The van der Waals surface area contributed by atoms with E-state index in [1.165, 1.54) is 6.26 Å². The largest absolute Gasteiger partial charge is 0.311 e. The molecule has 0 heterocycles. The fourth-order valence-corrected chi connectivity index (χ4v) is 1.16. The van der Waals surface area contributed by atoms with Crippen LogP contribution >= 0.6 is 0 Å². The van der Waals surface area contributed by atoms with Crippen molar-refractivity contribution in [3.63, 3.8) is 0 Å². The quantitative estimate of drug-likeness (QED) is 0.686. The third-order valence-electron chi connectivity index (χ3n) is 2.43. The molecule has 0 unspecified atom stereocenters. The summed E-state index contributed by atoms with van der Waals surface area (Å²) in [5.41, 5.74) is 1.09. The van der Waals surface area contributed by atoms with E-state index in [2.05, 4.69) is 11.9 Å². The van der Waals surface area contributed by atoms with Crippen LogP contribution in [0.4, 0.5) is 0 Å². The van der Waals surface area contributed by atoms with Crippen molar-refractivity contribution < 1.29 is 8.42 Å². The van der Waals surface area contributed by atoms with Crippen LogP contribution in [0.25, 0.3) is 0 Å². The van der Waals surface area contributed by atoms with E-state index in [9.17, 15) is 8.42 Å². The van der Waals surface area contributed by atoms with Gasteiger partial charge in [-0.05, 0) is 20.3 Å². The van der Waals surface area contributed by atoms with Gasteiger partial charge in [0.1, 0.15) is 0 Å². The molecule has 0 bridgehead atoms. The van der Waals surface area contributed by atoms with Crippen molar-refractivity contribution >= 4 is 9.84 Å². The van der Waals surface area contributed by atoms with Gasteiger partial charge in [-0.2, -0.15) is 0 Å². The normalized spacial score (nSPS) is 12.9. The maximum Gasteiger partial charge on any atom is 0.153 e. The van der Waals surface area contributed by atoms with Crippen LogP contribution in [0.15, 0.2) is 12.2 Å². The Hall–Kier alpha value is -0.350. The Bertz CT molecular complexity index is 291. The first-order valence-corrected chi connectivity index (χ1v) is 6.67. The van der Waals surface area contributed by atoms with Gasteiger partial charge in [0.2, 0.25) is 0 Å². The second-order valence-corrected chi connectivity index (χ2v) is 6.89. The zero-order chi connectivity index (χ0) is 11.4. The van der Waals surface area contributed by atoms with Crippen LogP contribution in [0.2, 0.25) is 0 Å². The van der Waals surface area contributed by atoms with Gasteiger partial charge in [-0.15, -0.1) is 0 Å². The zero-order valence-corrected chi connectivity index (χ0v) is 10.4. The van der Waals surface area contributed by atoms with Crippen LogP contribution in [0.5, 0.6) is 0 Å². The highest BCUT2D eigenvalue weighted by Gasteiger charge is 2.29. The summed E-state index contributed by atoms with van der Waals surface area (Å²) in [7, 11) is -3.00. The lowest BCUT2D eigenvalue weighted by Gasteiger charge is -2.23. The molecule has 0 aromatic carbocycles. The summed E-state index contributed by atoms with van der Waals surface area (Å²) in [6.07, 6.45) is 2.19. The molecular weight excluding hydrogens is 198 g/mol. The molecule has 0 amide bonds. The zero-order valence-electron chi connectivity index (χ0n) is 9.55. The van der Waals surface area contributed by atoms with Crippen LogP contribution in [0, 0.1) is 0 Å². The van der Waals surface area contributed by atoms with Gasteiger partial charge in [-0.3, -0.25) is 0 Å². The highest BCUT2D eigenvalue weighted by atomic mass is 32.2. The Labute approximate surface area is 87.5 Å². The maximum atomic E-state index is 11.3. The summed E-state index contributed by atoms with van der Waals surface area (Å²) in [4.78, 5) is 0. The average molecular weight is 219 g/mol. The molecule has 3 nitrogen and oxygen atoms in total. The lowest BCUT2D eigenvalue weighted by Crippen LogP contribution is -2.42. The predicted molar refractivity (Wildman–Crippen MR) is 61.2 cm³/mol. The van der Waals surface area contributed by atoms with Gasteiger partial charge >= 0.3 is 0 Å². The molecule has 0 fully saturated rings. The summed E-state index contributed by atoms with van der Waals surface area (Å²) in [6, 6.07) is 0. The van der Waals surface area contributed by atoms with Crippen LogP contribution in [-0.4, -0.2) is 32.5 Å². The van der Waals surface area contributed by atoms with E-state index in [1.54, 1.807) is 13.8 Å². The molecule has 0 aliphatic heterocycles. The van der Waals surface area contributed by atoms with Crippen LogP contribution in [-0.2, 0) is 9.84 Å². The van der Waals surface area contributed by atoms with E-state index in [0.29, 0.717) is 13.1 Å². The van der Waals surface area contributed by atoms with Gasteiger partial charge in [0.05, 0.1) is 4.75 Å². The molecule has 0 aromatic rings. The van der Waals surface area contributed by atoms with Crippen molar-refractivity contribution in [3.05, 3.63) is 12.2 Å². The van der Waals surface area contributed by atoms with Crippen molar-refractivity contribution in [3.8, 4) is 0 Å². The molecular formula is C10H21NO2S. The Morgan fingerprint density at radius 1 is 1.43 bits per heavy atom. The fraction of sp³-hybridized carbons (Fsp3) is 0.800. The van der Waals surface area contributed by atoms with E-state index in [1.807, 2.05) is 6.92 Å². The minimum absolute atomic E-state index is 0.463.